The second-order valence-electron chi connectivity index (χ2n) is 5.30. The molecule has 2 N–H and O–H groups in total. The Balaban J connectivity index is 1.87. The molecule has 0 unspecified atom stereocenters. The van der Waals surface area contributed by atoms with Crippen molar-refractivity contribution in [3.05, 3.63) is 101 Å². The zero-order chi connectivity index (χ0) is 16.8. The fraction of sp³-hybridized carbons (Fsp3) is 0.0526. The molecule has 5 heteroatoms. The lowest BCUT2D eigenvalue weighted by Gasteiger charge is -2.23. The Morgan fingerprint density at radius 3 is 1.58 bits per heavy atom. The number of benzene rings is 3. The van der Waals surface area contributed by atoms with E-state index >= 15 is 0 Å². The number of rotatable bonds is 6. The molecule has 0 spiro atoms. The maximum atomic E-state index is 10.8. The van der Waals surface area contributed by atoms with Gasteiger partial charge in [-0.2, -0.15) is 0 Å². The Morgan fingerprint density at radius 2 is 1.17 bits per heavy atom. The molecule has 0 heterocycles. The molecule has 0 fully saturated rings. The Bertz CT molecular complexity index is 748. The van der Waals surface area contributed by atoms with E-state index in [0.717, 1.165) is 16.9 Å². The predicted molar refractivity (Wildman–Crippen MR) is 96.0 cm³/mol. The fourth-order valence-electron chi connectivity index (χ4n) is 2.39. The van der Waals surface area contributed by atoms with Gasteiger partial charge in [0.05, 0.1) is 4.92 Å². The molecule has 0 saturated heterocycles. The van der Waals surface area contributed by atoms with E-state index in [0.29, 0.717) is 0 Å². The van der Waals surface area contributed by atoms with Crippen molar-refractivity contribution in [1.82, 2.24) is 0 Å². The quantitative estimate of drug-likeness (QED) is 0.388. The van der Waals surface area contributed by atoms with Gasteiger partial charge in [0.1, 0.15) is 6.17 Å². The zero-order valence-electron chi connectivity index (χ0n) is 12.9. The molecule has 0 atom stereocenters. The lowest BCUT2D eigenvalue weighted by Crippen LogP contribution is -2.19. The molecule has 0 radical (unpaired) electrons. The van der Waals surface area contributed by atoms with E-state index < -0.39 is 4.92 Å². The Morgan fingerprint density at radius 1 is 0.708 bits per heavy atom. The summed E-state index contributed by atoms with van der Waals surface area (Å²) in [7, 11) is 0. The van der Waals surface area contributed by atoms with Crippen LogP contribution in [0.5, 0.6) is 0 Å². The van der Waals surface area contributed by atoms with Crippen LogP contribution in [0.3, 0.4) is 0 Å². The van der Waals surface area contributed by atoms with Crippen molar-refractivity contribution in [3.63, 3.8) is 0 Å². The normalized spacial score (nSPS) is 10.4. The SMILES string of the molecule is O=[N+]([O-])c1ccc(C(Nc2ccccc2)Nc2ccccc2)cc1. The highest BCUT2D eigenvalue weighted by Crippen LogP contribution is 2.24. The van der Waals surface area contributed by atoms with Gasteiger partial charge in [0.15, 0.2) is 0 Å². The van der Waals surface area contributed by atoms with E-state index in [2.05, 4.69) is 10.6 Å². The van der Waals surface area contributed by atoms with E-state index in [1.807, 2.05) is 60.7 Å². The largest absolute Gasteiger partial charge is 0.362 e. The molecule has 0 amide bonds. The molecule has 0 aliphatic rings. The molecule has 120 valence electrons. The lowest BCUT2D eigenvalue weighted by molar-refractivity contribution is -0.384. The minimum atomic E-state index is -0.395. The minimum absolute atomic E-state index is 0.0805. The third-order valence-electron chi connectivity index (χ3n) is 3.61. The van der Waals surface area contributed by atoms with Crippen molar-refractivity contribution in [2.24, 2.45) is 0 Å². The predicted octanol–water partition coefficient (Wildman–Crippen LogP) is 4.82. The van der Waals surface area contributed by atoms with E-state index in [4.69, 9.17) is 0 Å². The summed E-state index contributed by atoms with van der Waals surface area (Å²) in [5.74, 6) is 0. The summed E-state index contributed by atoms with van der Waals surface area (Å²) in [6, 6.07) is 26.2. The van der Waals surface area contributed by atoms with Crippen molar-refractivity contribution >= 4 is 17.1 Å². The van der Waals surface area contributed by atoms with E-state index in [9.17, 15) is 10.1 Å². The van der Waals surface area contributed by atoms with Crippen molar-refractivity contribution < 1.29 is 4.92 Å². The molecule has 0 bridgehead atoms. The smallest absolute Gasteiger partial charge is 0.269 e. The molecule has 24 heavy (non-hydrogen) atoms. The Kier molecular flexibility index (Phi) is 4.72. The zero-order valence-corrected chi connectivity index (χ0v) is 12.9. The minimum Gasteiger partial charge on any atom is -0.362 e. The van der Waals surface area contributed by atoms with Gasteiger partial charge < -0.3 is 10.6 Å². The van der Waals surface area contributed by atoms with Crippen LogP contribution < -0.4 is 10.6 Å². The van der Waals surface area contributed by atoms with Crippen molar-refractivity contribution in [1.29, 1.82) is 0 Å². The highest BCUT2D eigenvalue weighted by molar-refractivity contribution is 5.52. The molecule has 5 nitrogen and oxygen atoms in total. The van der Waals surface area contributed by atoms with Gasteiger partial charge in [-0.25, -0.2) is 0 Å². The van der Waals surface area contributed by atoms with E-state index in [1.165, 1.54) is 12.1 Å². The third-order valence-corrected chi connectivity index (χ3v) is 3.61. The van der Waals surface area contributed by atoms with Gasteiger partial charge in [-0.15, -0.1) is 0 Å². The van der Waals surface area contributed by atoms with Crippen LogP contribution in [0.25, 0.3) is 0 Å². The number of nitrogens with one attached hydrogen (secondary N) is 2. The number of anilines is 2. The van der Waals surface area contributed by atoms with Gasteiger partial charge in [-0.1, -0.05) is 36.4 Å². The summed E-state index contributed by atoms with van der Waals surface area (Å²) in [4.78, 5) is 10.4. The average Bonchev–Trinajstić information content (AvgIpc) is 2.63. The first-order valence-corrected chi connectivity index (χ1v) is 7.60. The number of non-ortho nitro benzene ring substituents is 1. The molecular formula is C19H17N3O2. The highest BCUT2D eigenvalue weighted by Gasteiger charge is 2.13. The van der Waals surface area contributed by atoms with Gasteiger partial charge >= 0.3 is 0 Å². The molecule has 0 aliphatic carbocycles. The summed E-state index contributed by atoms with van der Waals surface area (Å²) in [5, 5.41) is 17.7. The Labute approximate surface area is 140 Å². The number of nitro benzene ring substituents is 1. The first kappa shape index (κ1) is 15.6. The first-order valence-electron chi connectivity index (χ1n) is 7.60. The van der Waals surface area contributed by atoms with Gasteiger partial charge in [0.2, 0.25) is 0 Å². The Hall–Kier alpha value is -3.34. The number of hydrogen-bond donors (Lipinski definition) is 2. The summed E-state index contributed by atoms with van der Waals surface area (Å²) >= 11 is 0. The van der Waals surface area contributed by atoms with Crippen molar-refractivity contribution in [2.75, 3.05) is 10.6 Å². The van der Waals surface area contributed by atoms with E-state index in [-0.39, 0.29) is 11.9 Å². The van der Waals surface area contributed by atoms with Gasteiger partial charge in [0, 0.05) is 23.5 Å². The molecule has 3 aromatic rings. The molecule has 0 aromatic heterocycles. The van der Waals surface area contributed by atoms with Crippen LogP contribution in [0.15, 0.2) is 84.9 Å². The van der Waals surface area contributed by atoms with Gasteiger partial charge in [0.25, 0.3) is 5.69 Å². The van der Waals surface area contributed by atoms with Crippen LogP contribution in [0.1, 0.15) is 11.7 Å². The van der Waals surface area contributed by atoms with Crippen LogP contribution in [-0.2, 0) is 0 Å². The van der Waals surface area contributed by atoms with E-state index in [1.54, 1.807) is 12.1 Å². The van der Waals surface area contributed by atoms with Gasteiger partial charge in [-0.3, -0.25) is 10.1 Å². The number of nitrogens with zero attached hydrogens (tertiary/aromatic N) is 1. The fourth-order valence-corrected chi connectivity index (χ4v) is 2.39. The van der Waals surface area contributed by atoms with Crippen LogP contribution >= 0.6 is 0 Å². The maximum absolute atomic E-state index is 10.8. The van der Waals surface area contributed by atoms with Crippen LogP contribution in [-0.4, -0.2) is 4.92 Å². The van der Waals surface area contributed by atoms with Crippen molar-refractivity contribution in [2.45, 2.75) is 6.17 Å². The third kappa shape index (κ3) is 3.89. The van der Waals surface area contributed by atoms with Crippen LogP contribution in [0.4, 0.5) is 17.1 Å². The summed E-state index contributed by atoms with van der Waals surface area (Å²) in [6.07, 6.45) is -0.212. The second-order valence-corrected chi connectivity index (χ2v) is 5.30. The molecular weight excluding hydrogens is 302 g/mol. The molecule has 3 aromatic carbocycles. The number of para-hydroxylation sites is 2. The average molecular weight is 319 g/mol. The monoisotopic (exact) mass is 319 g/mol. The number of hydrogen-bond acceptors (Lipinski definition) is 4. The first-order chi connectivity index (χ1) is 11.7. The van der Waals surface area contributed by atoms with Crippen LogP contribution in [0, 0.1) is 10.1 Å². The maximum Gasteiger partial charge on any atom is 0.269 e. The topological polar surface area (TPSA) is 67.2 Å². The van der Waals surface area contributed by atoms with Gasteiger partial charge in [-0.05, 0) is 42.0 Å². The molecule has 0 saturated carbocycles. The van der Waals surface area contributed by atoms with Crippen LogP contribution in [0.2, 0.25) is 0 Å². The standard InChI is InChI=1S/C19H17N3O2/c23-22(24)18-13-11-15(12-14-18)19(20-16-7-3-1-4-8-16)21-17-9-5-2-6-10-17/h1-14,19-21H. The lowest BCUT2D eigenvalue weighted by atomic mass is 10.1. The summed E-state index contributed by atoms with van der Waals surface area (Å²) < 4.78 is 0. The summed E-state index contributed by atoms with van der Waals surface area (Å²) in [5.41, 5.74) is 2.92. The molecule has 0 aliphatic heterocycles. The summed E-state index contributed by atoms with van der Waals surface area (Å²) in [6.45, 7) is 0. The number of nitro groups is 1. The highest BCUT2D eigenvalue weighted by atomic mass is 16.6. The van der Waals surface area contributed by atoms with Crippen molar-refractivity contribution in [3.8, 4) is 0 Å². The molecule has 3 rings (SSSR count). The second kappa shape index (κ2) is 7.28.